The molecule has 0 saturated heterocycles. The Morgan fingerprint density at radius 1 is 0.880 bits per heavy atom. The van der Waals surface area contributed by atoms with Crippen LogP contribution in [0.1, 0.15) is 61.6 Å². The summed E-state index contributed by atoms with van der Waals surface area (Å²) < 4.78 is 0. The highest BCUT2D eigenvalue weighted by Crippen LogP contribution is 2.26. The van der Waals surface area contributed by atoms with Gasteiger partial charge < -0.3 is 5.11 Å². The van der Waals surface area contributed by atoms with Crippen LogP contribution in [0.5, 0.6) is 0 Å². The second-order valence-corrected chi connectivity index (χ2v) is 7.18. The van der Waals surface area contributed by atoms with Gasteiger partial charge in [-0.15, -0.1) is 0 Å². The molecule has 0 bridgehead atoms. The zero-order chi connectivity index (χ0) is 18.1. The summed E-state index contributed by atoms with van der Waals surface area (Å²) in [6.07, 6.45) is 6.91. The largest absolute Gasteiger partial charge is 0.363 e. The second kappa shape index (κ2) is 9.71. The van der Waals surface area contributed by atoms with Crippen LogP contribution in [0.3, 0.4) is 0 Å². The summed E-state index contributed by atoms with van der Waals surface area (Å²) in [6, 6.07) is 19.3. The van der Waals surface area contributed by atoms with Crippen LogP contribution >= 0.6 is 0 Å². The van der Waals surface area contributed by atoms with Gasteiger partial charge in [0.05, 0.1) is 0 Å². The second-order valence-electron chi connectivity index (χ2n) is 7.18. The van der Waals surface area contributed by atoms with E-state index < -0.39 is 5.85 Å². The molecule has 136 valence electrons. The summed E-state index contributed by atoms with van der Waals surface area (Å²) in [5, 5.41) is 9.47. The highest BCUT2D eigenvalue weighted by molar-refractivity contribution is 5.30. The summed E-state index contributed by atoms with van der Waals surface area (Å²) in [5.74, 6) is -1.01. The molecule has 5 N–H and O–H groups in total. The van der Waals surface area contributed by atoms with E-state index in [1.807, 2.05) is 0 Å². The van der Waals surface area contributed by atoms with Crippen LogP contribution in [0.2, 0.25) is 0 Å². The van der Waals surface area contributed by atoms with Gasteiger partial charge in [0, 0.05) is 6.42 Å². The third-order valence-corrected chi connectivity index (χ3v) is 4.80. The normalized spacial score (nSPS) is 13.0. The van der Waals surface area contributed by atoms with E-state index in [4.69, 9.17) is 11.5 Å². The van der Waals surface area contributed by atoms with Crippen LogP contribution in [-0.4, -0.2) is 11.0 Å². The molecule has 3 nitrogen and oxygen atoms in total. The maximum atomic E-state index is 9.47. The van der Waals surface area contributed by atoms with Crippen molar-refractivity contribution in [2.24, 2.45) is 11.5 Å². The Balaban J connectivity index is 1.81. The maximum absolute atomic E-state index is 9.47. The van der Waals surface area contributed by atoms with E-state index in [0.717, 1.165) is 19.3 Å². The Morgan fingerprint density at radius 2 is 1.56 bits per heavy atom. The molecule has 0 saturated carbocycles. The van der Waals surface area contributed by atoms with Gasteiger partial charge in [0.15, 0.2) is 5.85 Å². The lowest BCUT2D eigenvalue weighted by Gasteiger charge is -2.19. The smallest absolute Gasteiger partial charge is 0.166 e. The van der Waals surface area contributed by atoms with E-state index in [1.165, 1.54) is 36.0 Å². The highest BCUT2D eigenvalue weighted by atomic mass is 16.3. The molecule has 0 radical (unpaired) electrons. The maximum Gasteiger partial charge on any atom is 0.166 e. The Hall–Kier alpha value is -1.68. The van der Waals surface area contributed by atoms with Crippen LogP contribution in [0.4, 0.5) is 0 Å². The van der Waals surface area contributed by atoms with Gasteiger partial charge >= 0.3 is 0 Å². The topological polar surface area (TPSA) is 72.3 Å². The van der Waals surface area contributed by atoms with Crippen molar-refractivity contribution in [2.45, 2.75) is 63.6 Å². The van der Waals surface area contributed by atoms with Crippen molar-refractivity contribution in [2.75, 3.05) is 0 Å². The minimum atomic E-state index is -1.56. The van der Waals surface area contributed by atoms with Gasteiger partial charge in [-0.2, -0.15) is 0 Å². The quantitative estimate of drug-likeness (QED) is 0.450. The Bertz CT molecular complexity index is 619. The lowest BCUT2D eigenvalue weighted by Crippen LogP contribution is -2.49. The Kier molecular flexibility index (Phi) is 7.63. The lowest BCUT2D eigenvalue weighted by atomic mass is 9.89. The Morgan fingerprint density at radius 3 is 2.28 bits per heavy atom. The van der Waals surface area contributed by atoms with Gasteiger partial charge in [-0.25, -0.2) is 0 Å². The number of nitrogens with two attached hydrogens (primary N) is 2. The van der Waals surface area contributed by atoms with Crippen LogP contribution in [0.25, 0.3) is 0 Å². The molecule has 0 aliphatic carbocycles. The van der Waals surface area contributed by atoms with E-state index in [0.29, 0.717) is 12.3 Å². The van der Waals surface area contributed by atoms with Crippen LogP contribution in [0, 0.1) is 0 Å². The minimum Gasteiger partial charge on any atom is -0.363 e. The zero-order valence-corrected chi connectivity index (χ0v) is 15.3. The molecule has 0 aliphatic rings. The van der Waals surface area contributed by atoms with Crippen LogP contribution in [-0.2, 0) is 12.8 Å². The summed E-state index contributed by atoms with van der Waals surface area (Å²) >= 11 is 0. The molecule has 0 heterocycles. The van der Waals surface area contributed by atoms with E-state index >= 15 is 0 Å². The van der Waals surface area contributed by atoms with Gasteiger partial charge in [-0.3, -0.25) is 11.5 Å². The molecular formula is C22H32N2O. The zero-order valence-electron chi connectivity index (χ0n) is 15.3. The standard InChI is InChI=1S/C22H32N2O/c1-18(10-5-6-13-19-11-3-2-4-12-19)21-16-8-7-14-20(21)15-9-17-22(23,24)25/h2-4,7-8,11-12,14,16,18,25H,5-6,9-10,13,15,17,23-24H2,1H3. The fraction of sp³-hybridized carbons (Fsp3) is 0.455. The first-order valence-electron chi connectivity index (χ1n) is 9.37. The number of unbranched alkanes of at least 4 members (excludes halogenated alkanes) is 1. The van der Waals surface area contributed by atoms with Crippen molar-refractivity contribution < 1.29 is 5.11 Å². The molecule has 3 heteroatoms. The average Bonchev–Trinajstić information content (AvgIpc) is 2.59. The predicted octanol–water partition coefficient (Wildman–Crippen LogP) is 4.09. The molecule has 0 fully saturated rings. The number of hydrogen-bond donors (Lipinski definition) is 3. The van der Waals surface area contributed by atoms with Crippen LogP contribution < -0.4 is 11.5 Å². The average molecular weight is 341 g/mol. The first kappa shape index (κ1) is 19.6. The van der Waals surface area contributed by atoms with E-state index in [9.17, 15) is 5.11 Å². The molecule has 2 aromatic rings. The lowest BCUT2D eigenvalue weighted by molar-refractivity contribution is 0.0429. The van der Waals surface area contributed by atoms with E-state index in [2.05, 4.69) is 61.5 Å². The summed E-state index contributed by atoms with van der Waals surface area (Å²) in [6.45, 7) is 2.31. The first-order chi connectivity index (χ1) is 12.0. The van der Waals surface area contributed by atoms with Crippen molar-refractivity contribution in [3.05, 3.63) is 71.3 Å². The fourth-order valence-electron chi connectivity index (χ4n) is 3.38. The summed E-state index contributed by atoms with van der Waals surface area (Å²) in [7, 11) is 0. The van der Waals surface area contributed by atoms with Gasteiger partial charge in [-0.1, -0.05) is 67.9 Å². The molecule has 0 aliphatic heterocycles. The number of aryl methyl sites for hydroxylation is 2. The number of rotatable bonds is 10. The van der Waals surface area contributed by atoms with E-state index in [1.54, 1.807) is 0 Å². The molecule has 2 aromatic carbocycles. The van der Waals surface area contributed by atoms with E-state index in [-0.39, 0.29) is 0 Å². The summed E-state index contributed by atoms with van der Waals surface area (Å²) in [4.78, 5) is 0. The molecule has 25 heavy (non-hydrogen) atoms. The molecule has 1 atom stereocenters. The van der Waals surface area contributed by atoms with Crippen molar-refractivity contribution >= 4 is 0 Å². The first-order valence-corrected chi connectivity index (χ1v) is 9.37. The van der Waals surface area contributed by atoms with Crippen molar-refractivity contribution in [3.63, 3.8) is 0 Å². The van der Waals surface area contributed by atoms with Crippen LogP contribution in [0.15, 0.2) is 54.6 Å². The number of aliphatic hydroxyl groups is 1. The van der Waals surface area contributed by atoms with Crippen molar-refractivity contribution in [1.29, 1.82) is 0 Å². The molecule has 0 amide bonds. The van der Waals surface area contributed by atoms with Gasteiger partial charge in [-0.05, 0) is 54.7 Å². The third kappa shape index (κ3) is 7.39. The third-order valence-electron chi connectivity index (χ3n) is 4.80. The Labute approximate surface area is 152 Å². The monoisotopic (exact) mass is 340 g/mol. The SMILES string of the molecule is CC(CCCCc1ccccc1)c1ccccc1CCCC(N)(N)O. The molecule has 2 rings (SSSR count). The summed E-state index contributed by atoms with van der Waals surface area (Å²) in [5.41, 5.74) is 15.1. The minimum absolute atomic E-state index is 0.410. The van der Waals surface area contributed by atoms with Gasteiger partial charge in [0.2, 0.25) is 0 Å². The number of benzene rings is 2. The highest BCUT2D eigenvalue weighted by Gasteiger charge is 2.14. The van der Waals surface area contributed by atoms with Crippen molar-refractivity contribution in [3.8, 4) is 0 Å². The fourth-order valence-corrected chi connectivity index (χ4v) is 3.38. The molecular weight excluding hydrogens is 308 g/mol. The van der Waals surface area contributed by atoms with Gasteiger partial charge in [0.25, 0.3) is 0 Å². The molecule has 1 unspecified atom stereocenters. The predicted molar refractivity (Wildman–Crippen MR) is 105 cm³/mol. The molecule has 0 aromatic heterocycles. The van der Waals surface area contributed by atoms with Gasteiger partial charge in [0.1, 0.15) is 0 Å². The molecule has 0 spiro atoms. The van der Waals surface area contributed by atoms with Crippen molar-refractivity contribution in [1.82, 2.24) is 0 Å². The number of hydrogen-bond acceptors (Lipinski definition) is 3.